The Balaban J connectivity index is 2.32. The molecule has 2 N–H and O–H groups in total. The van der Waals surface area contributed by atoms with E-state index in [4.69, 9.17) is 10.5 Å². The maximum atomic E-state index is 10.8. The number of nitrogens with zero attached hydrogens (tertiary/aromatic N) is 3. The van der Waals surface area contributed by atoms with Gasteiger partial charge in [0.2, 0.25) is 5.82 Å². The number of aromatic nitrogens is 2. The summed E-state index contributed by atoms with van der Waals surface area (Å²) in [6, 6.07) is 0.0184. The molecular weight excluding hydrogens is 224 g/mol. The van der Waals surface area contributed by atoms with Gasteiger partial charge in [0.15, 0.2) is 0 Å². The number of hydrogen-bond acceptors (Lipinski definition) is 5. The Morgan fingerprint density at radius 3 is 2.88 bits per heavy atom. The Morgan fingerprint density at radius 1 is 1.71 bits per heavy atom. The molecule has 2 atom stereocenters. The summed E-state index contributed by atoms with van der Waals surface area (Å²) < 4.78 is 6.86. The summed E-state index contributed by atoms with van der Waals surface area (Å²) in [6.45, 7) is 4.96. The second-order valence-corrected chi connectivity index (χ2v) is 4.39. The highest BCUT2D eigenvalue weighted by Gasteiger charge is 2.30. The first kappa shape index (κ1) is 11.8. The number of nitrogens with two attached hydrogens (primary N) is 1. The van der Waals surface area contributed by atoms with E-state index < -0.39 is 4.92 Å². The molecule has 0 aromatic carbocycles. The van der Waals surface area contributed by atoms with Crippen molar-refractivity contribution in [2.24, 2.45) is 5.92 Å². The topological polar surface area (TPSA) is 96.2 Å². The van der Waals surface area contributed by atoms with E-state index in [0.29, 0.717) is 18.2 Å². The van der Waals surface area contributed by atoms with Crippen molar-refractivity contribution in [1.82, 2.24) is 9.78 Å². The van der Waals surface area contributed by atoms with Crippen LogP contribution in [-0.4, -0.2) is 27.9 Å². The van der Waals surface area contributed by atoms with Crippen LogP contribution in [0.3, 0.4) is 0 Å². The maximum Gasteiger partial charge on any atom is 0.333 e. The van der Waals surface area contributed by atoms with Gasteiger partial charge in [-0.1, -0.05) is 0 Å². The summed E-state index contributed by atoms with van der Waals surface area (Å²) in [6.07, 6.45) is 0.938. The van der Waals surface area contributed by atoms with Gasteiger partial charge in [-0.25, -0.2) is 4.68 Å². The number of nitro groups is 1. The van der Waals surface area contributed by atoms with Crippen molar-refractivity contribution in [1.29, 1.82) is 0 Å². The van der Waals surface area contributed by atoms with E-state index in [9.17, 15) is 10.1 Å². The summed E-state index contributed by atoms with van der Waals surface area (Å²) in [5.74, 6) is 0.447. The van der Waals surface area contributed by atoms with Crippen LogP contribution in [0, 0.1) is 23.0 Å². The second-order valence-electron chi connectivity index (χ2n) is 4.39. The maximum absolute atomic E-state index is 10.8. The van der Waals surface area contributed by atoms with Crippen molar-refractivity contribution in [3.05, 3.63) is 15.8 Å². The quantitative estimate of drug-likeness (QED) is 0.634. The van der Waals surface area contributed by atoms with E-state index in [2.05, 4.69) is 5.10 Å². The van der Waals surface area contributed by atoms with Crippen LogP contribution in [0.4, 0.5) is 11.5 Å². The Bertz CT molecular complexity index is 437. The van der Waals surface area contributed by atoms with Crippen LogP contribution in [-0.2, 0) is 4.74 Å². The first-order valence-corrected chi connectivity index (χ1v) is 5.59. The van der Waals surface area contributed by atoms with Gasteiger partial charge in [0.05, 0.1) is 17.6 Å². The molecular formula is C10H16N4O3. The molecule has 2 rings (SSSR count). The lowest BCUT2D eigenvalue weighted by molar-refractivity contribution is -0.384. The highest BCUT2D eigenvalue weighted by atomic mass is 16.6. The van der Waals surface area contributed by atoms with Gasteiger partial charge >= 0.3 is 5.69 Å². The van der Waals surface area contributed by atoms with Crippen molar-refractivity contribution in [2.75, 3.05) is 18.9 Å². The third-order valence-corrected chi connectivity index (χ3v) is 3.31. The minimum absolute atomic E-state index is 0.0184. The van der Waals surface area contributed by atoms with Crippen molar-refractivity contribution < 1.29 is 9.66 Å². The van der Waals surface area contributed by atoms with Crippen LogP contribution < -0.4 is 5.73 Å². The van der Waals surface area contributed by atoms with Crippen molar-refractivity contribution >= 4 is 11.5 Å². The minimum atomic E-state index is -0.480. The van der Waals surface area contributed by atoms with Crippen molar-refractivity contribution in [2.45, 2.75) is 26.3 Å². The van der Waals surface area contributed by atoms with Gasteiger partial charge in [-0.3, -0.25) is 10.1 Å². The molecule has 1 aromatic rings. The third kappa shape index (κ3) is 1.97. The zero-order valence-corrected chi connectivity index (χ0v) is 9.92. The molecule has 1 fully saturated rings. The standard InChI is InChI=1S/C10H16N4O3/c1-6-9(14(15)16)10(11)13(12-6)7(2)8-3-4-17-5-8/h7-8H,3-5,11H2,1-2H3. The normalized spacial score (nSPS) is 21.6. The van der Waals surface area contributed by atoms with Crippen LogP contribution in [0.5, 0.6) is 0 Å². The molecule has 0 spiro atoms. The molecule has 1 aliphatic heterocycles. The zero-order valence-electron chi connectivity index (χ0n) is 9.92. The summed E-state index contributed by atoms with van der Waals surface area (Å²) in [4.78, 5) is 10.4. The summed E-state index contributed by atoms with van der Waals surface area (Å²) in [5.41, 5.74) is 6.06. The summed E-state index contributed by atoms with van der Waals surface area (Å²) in [7, 11) is 0. The Hall–Kier alpha value is -1.63. The van der Waals surface area contributed by atoms with Gasteiger partial charge < -0.3 is 10.5 Å². The molecule has 0 saturated carbocycles. The molecule has 1 aromatic heterocycles. The second kappa shape index (κ2) is 4.33. The Labute approximate surface area is 98.7 Å². The average Bonchev–Trinajstić information content (AvgIpc) is 2.85. The van der Waals surface area contributed by atoms with Crippen LogP contribution in [0.15, 0.2) is 0 Å². The van der Waals surface area contributed by atoms with Gasteiger partial charge in [0, 0.05) is 12.5 Å². The molecule has 0 amide bonds. The molecule has 1 aliphatic rings. The van der Waals surface area contributed by atoms with E-state index in [-0.39, 0.29) is 17.5 Å². The Morgan fingerprint density at radius 2 is 2.41 bits per heavy atom. The molecule has 7 nitrogen and oxygen atoms in total. The number of nitrogen functional groups attached to an aromatic ring is 1. The molecule has 17 heavy (non-hydrogen) atoms. The average molecular weight is 240 g/mol. The number of anilines is 1. The molecule has 1 saturated heterocycles. The largest absolute Gasteiger partial charge is 0.381 e. The summed E-state index contributed by atoms with van der Waals surface area (Å²) in [5, 5.41) is 15.0. The first-order chi connectivity index (χ1) is 8.02. The number of hydrogen-bond donors (Lipinski definition) is 1. The van der Waals surface area contributed by atoms with Gasteiger partial charge in [-0.05, 0) is 20.3 Å². The fraction of sp³-hybridized carbons (Fsp3) is 0.700. The van der Waals surface area contributed by atoms with Gasteiger partial charge in [-0.15, -0.1) is 0 Å². The van der Waals surface area contributed by atoms with E-state index in [0.717, 1.165) is 13.0 Å². The SMILES string of the molecule is Cc1nn(C(C)C2CCOC2)c(N)c1[N+](=O)[O-]. The lowest BCUT2D eigenvalue weighted by Crippen LogP contribution is -2.19. The highest BCUT2D eigenvalue weighted by molar-refractivity contribution is 5.56. The molecule has 0 radical (unpaired) electrons. The van der Waals surface area contributed by atoms with Crippen LogP contribution in [0.25, 0.3) is 0 Å². The minimum Gasteiger partial charge on any atom is -0.381 e. The number of rotatable bonds is 3. The van der Waals surface area contributed by atoms with Gasteiger partial charge in [0.1, 0.15) is 5.69 Å². The van der Waals surface area contributed by atoms with Crippen molar-refractivity contribution in [3.8, 4) is 0 Å². The highest BCUT2D eigenvalue weighted by Crippen LogP contribution is 2.32. The van der Waals surface area contributed by atoms with Crippen LogP contribution in [0.2, 0.25) is 0 Å². The Kier molecular flexibility index (Phi) is 3.01. The van der Waals surface area contributed by atoms with E-state index in [1.165, 1.54) is 0 Å². The lowest BCUT2D eigenvalue weighted by Gasteiger charge is -2.18. The molecule has 2 unspecified atom stereocenters. The molecule has 0 bridgehead atoms. The smallest absolute Gasteiger partial charge is 0.333 e. The predicted molar refractivity (Wildman–Crippen MR) is 61.7 cm³/mol. The van der Waals surface area contributed by atoms with E-state index in [1.807, 2.05) is 6.92 Å². The van der Waals surface area contributed by atoms with Crippen LogP contribution in [0.1, 0.15) is 25.1 Å². The fourth-order valence-corrected chi connectivity index (χ4v) is 2.23. The summed E-state index contributed by atoms with van der Waals surface area (Å²) >= 11 is 0. The lowest BCUT2D eigenvalue weighted by atomic mass is 10.0. The monoisotopic (exact) mass is 240 g/mol. The number of aryl methyl sites for hydroxylation is 1. The molecule has 0 aliphatic carbocycles. The first-order valence-electron chi connectivity index (χ1n) is 5.59. The number of ether oxygens (including phenoxy) is 1. The zero-order chi connectivity index (χ0) is 12.6. The molecule has 2 heterocycles. The van der Waals surface area contributed by atoms with Crippen molar-refractivity contribution in [3.63, 3.8) is 0 Å². The van der Waals surface area contributed by atoms with Crippen LogP contribution >= 0.6 is 0 Å². The molecule has 94 valence electrons. The van der Waals surface area contributed by atoms with Gasteiger partial charge in [0.25, 0.3) is 0 Å². The van der Waals surface area contributed by atoms with Gasteiger partial charge in [-0.2, -0.15) is 5.10 Å². The fourth-order valence-electron chi connectivity index (χ4n) is 2.23. The molecule has 7 heteroatoms. The third-order valence-electron chi connectivity index (χ3n) is 3.31. The van der Waals surface area contributed by atoms with E-state index in [1.54, 1.807) is 11.6 Å². The predicted octanol–water partition coefficient (Wildman–Crippen LogP) is 1.28. The van der Waals surface area contributed by atoms with E-state index >= 15 is 0 Å².